The van der Waals surface area contributed by atoms with E-state index in [1.807, 2.05) is 0 Å². The molecule has 1 heterocycles. The lowest BCUT2D eigenvalue weighted by atomic mass is 10.2. The van der Waals surface area contributed by atoms with E-state index in [2.05, 4.69) is 20.6 Å². The molecule has 3 rings (SSSR count). The molecule has 2 N–H and O–H groups in total. The number of benzene rings is 2. The monoisotopic (exact) mass is 394 g/mol. The summed E-state index contributed by atoms with van der Waals surface area (Å²) in [7, 11) is 0. The predicted molar refractivity (Wildman–Crippen MR) is 106 cm³/mol. The van der Waals surface area contributed by atoms with Gasteiger partial charge in [-0.05, 0) is 48.9 Å². The second kappa shape index (κ2) is 9.41. The molecule has 0 aliphatic heterocycles. The molecule has 0 saturated carbocycles. The van der Waals surface area contributed by atoms with Crippen molar-refractivity contribution in [2.24, 2.45) is 0 Å². The van der Waals surface area contributed by atoms with Crippen LogP contribution in [0.3, 0.4) is 0 Å². The van der Waals surface area contributed by atoms with Gasteiger partial charge in [-0.3, -0.25) is 4.79 Å². The molecule has 7 nitrogen and oxygen atoms in total. The fraction of sp³-hybridized carbons (Fsp3) is 0.143. The molecule has 0 unspecified atom stereocenters. The van der Waals surface area contributed by atoms with Gasteiger partial charge >= 0.3 is 5.97 Å². The Hall–Kier alpha value is -3.81. The van der Waals surface area contributed by atoms with E-state index in [0.29, 0.717) is 30.2 Å². The molecule has 0 saturated heterocycles. The fourth-order valence-corrected chi connectivity index (χ4v) is 2.47. The molecule has 0 aliphatic carbocycles. The largest absolute Gasteiger partial charge is 0.462 e. The molecule has 1 amide bonds. The van der Waals surface area contributed by atoms with Gasteiger partial charge in [0.1, 0.15) is 23.7 Å². The quantitative estimate of drug-likeness (QED) is 0.594. The summed E-state index contributed by atoms with van der Waals surface area (Å²) in [5.41, 5.74) is 1.97. The van der Waals surface area contributed by atoms with Crippen LogP contribution in [0, 0.1) is 5.82 Å². The van der Waals surface area contributed by atoms with E-state index in [0.717, 1.165) is 5.56 Å². The molecule has 148 valence electrons. The SMILES string of the molecule is CCOC(=O)c1ccc(NC(=O)c2cc(NCc3ccc(F)cc3)ncn2)cc1. The van der Waals surface area contributed by atoms with Crippen molar-refractivity contribution in [1.82, 2.24) is 9.97 Å². The van der Waals surface area contributed by atoms with Crippen LogP contribution in [0.15, 0.2) is 60.9 Å². The Morgan fingerprint density at radius 3 is 2.45 bits per heavy atom. The maximum absolute atomic E-state index is 13.0. The van der Waals surface area contributed by atoms with Crippen LogP contribution in [0.25, 0.3) is 0 Å². The molecular formula is C21H19FN4O3. The summed E-state index contributed by atoms with van der Waals surface area (Å²) in [5, 5.41) is 5.78. The molecule has 0 radical (unpaired) electrons. The lowest BCUT2D eigenvalue weighted by Crippen LogP contribution is -2.15. The van der Waals surface area contributed by atoms with Crippen LogP contribution in [-0.4, -0.2) is 28.5 Å². The zero-order chi connectivity index (χ0) is 20.6. The standard InChI is InChI=1S/C21H19FN4O3/c1-2-29-21(28)15-5-9-17(10-6-15)26-20(27)18-11-19(25-13-24-18)23-12-14-3-7-16(22)8-4-14/h3-11,13H,2,12H2,1H3,(H,26,27)(H,23,24,25). The van der Waals surface area contributed by atoms with Crippen molar-refractivity contribution in [2.75, 3.05) is 17.2 Å². The average Bonchev–Trinajstić information content (AvgIpc) is 2.74. The van der Waals surface area contributed by atoms with E-state index in [1.165, 1.54) is 24.5 Å². The Morgan fingerprint density at radius 1 is 1.03 bits per heavy atom. The van der Waals surface area contributed by atoms with Crippen molar-refractivity contribution >= 4 is 23.4 Å². The molecule has 1 aromatic heterocycles. The highest BCUT2D eigenvalue weighted by Gasteiger charge is 2.11. The van der Waals surface area contributed by atoms with Crippen LogP contribution >= 0.6 is 0 Å². The van der Waals surface area contributed by atoms with Crippen LogP contribution < -0.4 is 10.6 Å². The van der Waals surface area contributed by atoms with E-state index >= 15 is 0 Å². The minimum absolute atomic E-state index is 0.177. The second-order valence-electron chi connectivity index (χ2n) is 6.02. The van der Waals surface area contributed by atoms with Crippen molar-refractivity contribution in [3.63, 3.8) is 0 Å². The molecule has 0 fully saturated rings. The van der Waals surface area contributed by atoms with Crippen molar-refractivity contribution in [3.05, 3.63) is 83.6 Å². The van der Waals surface area contributed by atoms with Crippen LogP contribution in [0.1, 0.15) is 33.3 Å². The van der Waals surface area contributed by atoms with Gasteiger partial charge in [0.15, 0.2) is 0 Å². The highest BCUT2D eigenvalue weighted by molar-refractivity contribution is 6.03. The minimum Gasteiger partial charge on any atom is -0.462 e. The number of amides is 1. The number of halogens is 1. The first-order chi connectivity index (χ1) is 14.0. The van der Waals surface area contributed by atoms with Gasteiger partial charge in [0, 0.05) is 18.3 Å². The Bertz CT molecular complexity index is 992. The maximum atomic E-state index is 13.0. The van der Waals surface area contributed by atoms with Crippen LogP contribution in [0.4, 0.5) is 15.9 Å². The van der Waals surface area contributed by atoms with E-state index in [4.69, 9.17) is 4.74 Å². The second-order valence-corrected chi connectivity index (χ2v) is 6.02. The molecule has 29 heavy (non-hydrogen) atoms. The molecule has 0 aliphatic rings. The number of hydrogen-bond donors (Lipinski definition) is 2. The number of carbonyl (C=O) groups excluding carboxylic acids is 2. The van der Waals surface area contributed by atoms with Gasteiger partial charge in [-0.2, -0.15) is 0 Å². The summed E-state index contributed by atoms with van der Waals surface area (Å²) >= 11 is 0. The number of hydrogen-bond acceptors (Lipinski definition) is 6. The van der Waals surface area contributed by atoms with Gasteiger partial charge in [0.05, 0.1) is 12.2 Å². The zero-order valence-electron chi connectivity index (χ0n) is 15.7. The summed E-state index contributed by atoms with van der Waals surface area (Å²) in [6.45, 7) is 2.45. The van der Waals surface area contributed by atoms with E-state index in [1.54, 1.807) is 43.3 Å². The van der Waals surface area contributed by atoms with E-state index < -0.39 is 11.9 Å². The van der Waals surface area contributed by atoms with Gasteiger partial charge < -0.3 is 15.4 Å². The Kier molecular flexibility index (Phi) is 6.47. The smallest absolute Gasteiger partial charge is 0.338 e. The number of esters is 1. The first-order valence-electron chi connectivity index (χ1n) is 8.94. The van der Waals surface area contributed by atoms with E-state index in [9.17, 15) is 14.0 Å². The number of carbonyl (C=O) groups is 2. The predicted octanol–water partition coefficient (Wildman–Crippen LogP) is 3.66. The van der Waals surface area contributed by atoms with Crippen molar-refractivity contribution in [2.45, 2.75) is 13.5 Å². The number of aromatic nitrogens is 2. The number of anilines is 2. The summed E-state index contributed by atoms with van der Waals surface area (Å²) < 4.78 is 17.9. The van der Waals surface area contributed by atoms with Crippen LogP contribution in [0.5, 0.6) is 0 Å². The maximum Gasteiger partial charge on any atom is 0.338 e. The van der Waals surface area contributed by atoms with Gasteiger partial charge in [-0.1, -0.05) is 12.1 Å². The lowest BCUT2D eigenvalue weighted by molar-refractivity contribution is 0.0526. The van der Waals surface area contributed by atoms with Gasteiger partial charge in [0.25, 0.3) is 5.91 Å². The third-order valence-corrected chi connectivity index (χ3v) is 3.94. The highest BCUT2D eigenvalue weighted by atomic mass is 19.1. The molecule has 0 atom stereocenters. The van der Waals surface area contributed by atoms with Crippen molar-refractivity contribution in [3.8, 4) is 0 Å². The molecule has 3 aromatic rings. The Labute approximate surface area is 167 Å². The third kappa shape index (κ3) is 5.58. The molecule has 0 spiro atoms. The molecule has 2 aromatic carbocycles. The van der Waals surface area contributed by atoms with Gasteiger partial charge in [-0.25, -0.2) is 19.2 Å². The van der Waals surface area contributed by atoms with Gasteiger partial charge in [-0.15, -0.1) is 0 Å². The van der Waals surface area contributed by atoms with Crippen molar-refractivity contribution < 1.29 is 18.7 Å². The molecule has 0 bridgehead atoms. The van der Waals surface area contributed by atoms with Gasteiger partial charge in [0.2, 0.25) is 0 Å². The first-order valence-corrected chi connectivity index (χ1v) is 8.94. The molecule has 8 heteroatoms. The normalized spacial score (nSPS) is 10.3. The van der Waals surface area contributed by atoms with Crippen LogP contribution in [-0.2, 0) is 11.3 Å². The fourth-order valence-electron chi connectivity index (χ4n) is 2.47. The Balaban J connectivity index is 1.61. The molecular weight excluding hydrogens is 375 g/mol. The topological polar surface area (TPSA) is 93.2 Å². The summed E-state index contributed by atoms with van der Waals surface area (Å²) in [6.07, 6.45) is 1.28. The van der Waals surface area contributed by atoms with E-state index in [-0.39, 0.29) is 11.5 Å². The first kappa shape index (κ1) is 19.9. The number of ether oxygens (including phenoxy) is 1. The van der Waals surface area contributed by atoms with Crippen LogP contribution in [0.2, 0.25) is 0 Å². The zero-order valence-corrected chi connectivity index (χ0v) is 15.7. The van der Waals surface area contributed by atoms with Crippen molar-refractivity contribution in [1.29, 1.82) is 0 Å². The summed E-state index contributed by atoms with van der Waals surface area (Å²) in [5.74, 6) is -0.670. The summed E-state index contributed by atoms with van der Waals surface area (Å²) in [6, 6.07) is 14.0. The Morgan fingerprint density at radius 2 is 1.76 bits per heavy atom. The summed E-state index contributed by atoms with van der Waals surface area (Å²) in [4.78, 5) is 32.2. The average molecular weight is 394 g/mol. The highest BCUT2D eigenvalue weighted by Crippen LogP contribution is 2.13. The number of nitrogens with zero attached hydrogens (tertiary/aromatic N) is 2. The lowest BCUT2D eigenvalue weighted by Gasteiger charge is -2.08. The third-order valence-electron chi connectivity index (χ3n) is 3.94. The minimum atomic E-state index is -0.418. The number of nitrogens with one attached hydrogen (secondary N) is 2. The number of rotatable bonds is 7.